The molecule has 106 valence electrons. The number of imidazole rings is 1. The van der Waals surface area contributed by atoms with Crippen molar-refractivity contribution >= 4 is 0 Å². The van der Waals surface area contributed by atoms with Crippen molar-refractivity contribution in [3.05, 3.63) is 53.1 Å². The first kappa shape index (κ1) is 13.2. The summed E-state index contributed by atoms with van der Waals surface area (Å²) in [6, 6.07) is 5.74. The summed E-state index contributed by atoms with van der Waals surface area (Å²) in [5.41, 5.74) is 0.864. The molecule has 0 spiro atoms. The number of halogens is 3. The summed E-state index contributed by atoms with van der Waals surface area (Å²) in [6.07, 6.45) is 0.879. The first-order valence-electron chi connectivity index (χ1n) is 6.74. The lowest BCUT2D eigenvalue weighted by molar-refractivity contribution is -0.138. The van der Waals surface area contributed by atoms with Gasteiger partial charge in [-0.2, -0.15) is 13.2 Å². The largest absolute Gasteiger partial charge is 0.416 e. The average Bonchev–Trinajstić information content (AvgIpc) is 2.82. The van der Waals surface area contributed by atoms with Crippen LogP contribution in [-0.4, -0.2) is 9.55 Å². The van der Waals surface area contributed by atoms with Gasteiger partial charge in [0.25, 0.3) is 0 Å². The summed E-state index contributed by atoms with van der Waals surface area (Å²) in [6.45, 7) is 0.860. The summed E-state index contributed by atoms with van der Waals surface area (Å²) in [5, 5.41) is 0. The van der Waals surface area contributed by atoms with E-state index in [1.807, 2.05) is 0 Å². The highest BCUT2D eigenvalue weighted by molar-refractivity contribution is 5.32. The fraction of sp³-hybridized carbons (Fsp3) is 0.400. The lowest BCUT2D eigenvalue weighted by Gasteiger charge is -2.17. The van der Waals surface area contributed by atoms with E-state index < -0.39 is 11.7 Å². The minimum atomic E-state index is -4.31. The molecule has 0 bridgehead atoms. The van der Waals surface area contributed by atoms with Crippen molar-refractivity contribution in [1.82, 2.24) is 9.55 Å². The molecule has 20 heavy (non-hydrogen) atoms. The molecular formula is C15H15F3N2. The zero-order chi connectivity index (χ0) is 14.2. The predicted molar refractivity (Wildman–Crippen MR) is 69.4 cm³/mol. The minimum absolute atomic E-state index is 0.232. The molecule has 0 saturated heterocycles. The maximum absolute atomic E-state index is 13.0. The number of rotatable bonds is 2. The summed E-state index contributed by atoms with van der Waals surface area (Å²) >= 11 is 0. The Bertz CT molecular complexity index is 614. The van der Waals surface area contributed by atoms with Crippen molar-refractivity contribution in [1.29, 1.82) is 0 Å². The van der Waals surface area contributed by atoms with Crippen LogP contribution in [-0.2, 0) is 25.6 Å². The van der Waals surface area contributed by atoms with Crippen LogP contribution in [0.3, 0.4) is 0 Å². The molecule has 3 rings (SSSR count). The maximum Gasteiger partial charge on any atom is 0.416 e. The zero-order valence-corrected chi connectivity index (χ0v) is 11.0. The Morgan fingerprint density at radius 1 is 1.15 bits per heavy atom. The number of hydrogen-bond acceptors (Lipinski definition) is 1. The highest BCUT2D eigenvalue weighted by Gasteiger charge is 2.33. The molecule has 0 aliphatic carbocycles. The van der Waals surface area contributed by atoms with Gasteiger partial charge < -0.3 is 4.57 Å². The van der Waals surface area contributed by atoms with Gasteiger partial charge in [0.05, 0.1) is 5.56 Å². The minimum Gasteiger partial charge on any atom is -0.332 e. The van der Waals surface area contributed by atoms with E-state index in [2.05, 4.69) is 9.55 Å². The number of alkyl halides is 3. The van der Waals surface area contributed by atoms with Crippen LogP contribution in [0, 0.1) is 0 Å². The normalized spacial score (nSPS) is 15.2. The van der Waals surface area contributed by atoms with Gasteiger partial charge in [-0.05, 0) is 30.9 Å². The van der Waals surface area contributed by atoms with Crippen LogP contribution < -0.4 is 0 Å². The smallest absolute Gasteiger partial charge is 0.332 e. The van der Waals surface area contributed by atoms with Gasteiger partial charge in [-0.3, -0.25) is 0 Å². The lowest BCUT2D eigenvalue weighted by atomic mass is 10.0. The molecule has 1 aromatic heterocycles. The summed E-state index contributed by atoms with van der Waals surface area (Å²) < 4.78 is 41.0. The quantitative estimate of drug-likeness (QED) is 0.817. The Morgan fingerprint density at radius 2 is 1.95 bits per heavy atom. The van der Waals surface area contributed by atoms with E-state index in [4.69, 9.17) is 0 Å². The molecule has 1 aliphatic heterocycles. The topological polar surface area (TPSA) is 17.8 Å². The highest BCUT2D eigenvalue weighted by Crippen LogP contribution is 2.33. The fourth-order valence-electron chi connectivity index (χ4n) is 2.76. The Morgan fingerprint density at radius 3 is 2.75 bits per heavy atom. The van der Waals surface area contributed by atoms with Gasteiger partial charge in [0.2, 0.25) is 0 Å². The summed E-state index contributed by atoms with van der Waals surface area (Å²) in [5.74, 6) is 0.733. The molecule has 0 amide bonds. The first-order chi connectivity index (χ1) is 9.55. The Hall–Kier alpha value is -1.78. The summed E-state index contributed by atoms with van der Waals surface area (Å²) in [7, 11) is 0. The van der Waals surface area contributed by atoms with E-state index in [0.717, 1.165) is 43.4 Å². The van der Waals surface area contributed by atoms with Crippen molar-refractivity contribution in [2.24, 2.45) is 0 Å². The van der Waals surface area contributed by atoms with Gasteiger partial charge in [0.15, 0.2) is 0 Å². The summed E-state index contributed by atoms with van der Waals surface area (Å²) in [4.78, 5) is 4.31. The van der Waals surface area contributed by atoms with Gasteiger partial charge in [-0.25, -0.2) is 4.98 Å². The number of fused-ring (bicyclic) bond motifs is 1. The molecule has 0 unspecified atom stereocenters. The zero-order valence-electron chi connectivity index (χ0n) is 11.0. The molecule has 2 nitrogen and oxygen atoms in total. The van der Waals surface area contributed by atoms with Crippen LogP contribution in [0.5, 0.6) is 0 Å². The van der Waals surface area contributed by atoms with Crippen molar-refractivity contribution in [3.63, 3.8) is 0 Å². The molecule has 5 heteroatoms. The number of hydrogen-bond donors (Lipinski definition) is 0. The molecule has 0 radical (unpaired) electrons. The second kappa shape index (κ2) is 4.96. The van der Waals surface area contributed by atoms with Gasteiger partial charge in [-0.1, -0.05) is 18.2 Å². The van der Waals surface area contributed by atoms with E-state index in [0.29, 0.717) is 5.56 Å². The van der Waals surface area contributed by atoms with E-state index in [1.165, 1.54) is 12.1 Å². The molecule has 0 atom stereocenters. The molecule has 1 aromatic carbocycles. The Balaban J connectivity index is 1.94. The van der Waals surface area contributed by atoms with Gasteiger partial charge in [0, 0.05) is 24.9 Å². The van der Waals surface area contributed by atoms with Crippen molar-refractivity contribution in [2.45, 2.75) is 38.4 Å². The van der Waals surface area contributed by atoms with Crippen LogP contribution in [0.1, 0.15) is 35.5 Å². The third-order valence-electron chi connectivity index (χ3n) is 3.76. The molecule has 0 saturated carbocycles. The third kappa shape index (κ3) is 2.44. The average molecular weight is 280 g/mol. The van der Waals surface area contributed by atoms with Crippen molar-refractivity contribution < 1.29 is 13.2 Å². The number of aryl methyl sites for hydroxylation is 1. The van der Waals surface area contributed by atoms with Crippen LogP contribution in [0.15, 0.2) is 30.5 Å². The fourth-order valence-corrected chi connectivity index (χ4v) is 2.76. The SMILES string of the molecule is FC(F)(F)c1ccccc1Cc1ncc2n1CCCC2. The van der Waals surface area contributed by atoms with Crippen molar-refractivity contribution in [2.75, 3.05) is 0 Å². The van der Waals surface area contributed by atoms with Gasteiger partial charge in [0.1, 0.15) is 5.82 Å². The maximum atomic E-state index is 13.0. The van der Waals surface area contributed by atoms with Gasteiger partial charge in [-0.15, -0.1) is 0 Å². The van der Waals surface area contributed by atoms with Crippen molar-refractivity contribution in [3.8, 4) is 0 Å². The number of aromatic nitrogens is 2. The van der Waals surface area contributed by atoms with Gasteiger partial charge >= 0.3 is 6.18 Å². The lowest BCUT2D eigenvalue weighted by Crippen LogP contribution is -2.15. The van der Waals surface area contributed by atoms with E-state index in [1.54, 1.807) is 12.3 Å². The second-order valence-corrected chi connectivity index (χ2v) is 5.11. The van der Waals surface area contributed by atoms with Crippen LogP contribution >= 0.6 is 0 Å². The second-order valence-electron chi connectivity index (χ2n) is 5.11. The third-order valence-corrected chi connectivity index (χ3v) is 3.76. The molecule has 2 heterocycles. The first-order valence-corrected chi connectivity index (χ1v) is 6.74. The Kier molecular flexibility index (Phi) is 3.28. The van der Waals surface area contributed by atoms with E-state index in [9.17, 15) is 13.2 Å². The number of benzene rings is 1. The standard InChI is InChI=1S/C15H15F3N2/c16-15(17,18)13-7-2-1-5-11(13)9-14-19-10-12-6-3-4-8-20(12)14/h1-2,5,7,10H,3-4,6,8-9H2. The molecule has 0 fully saturated rings. The Labute approximate surface area is 115 Å². The number of nitrogens with zero attached hydrogens (tertiary/aromatic N) is 2. The molecule has 1 aliphatic rings. The van der Waals surface area contributed by atoms with Crippen LogP contribution in [0.2, 0.25) is 0 Å². The van der Waals surface area contributed by atoms with E-state index >= 15 is 0 Å². The molecular weight excluding hydrogens is 265 g/mol. The monoisotopic (exact) mass is 280 g/mol. The molecule has 2 aromatic rings. The van der Waals surface area contributed by atoms with E-state index in [-0.39, 0.29) is 6.42 Å². The van der Waals surface area contributed by atoms with Crippen LogP contribution in [0.25, 0.3) is 0 Å². The predicted octanol–water partition coefficient (Wildman–Crippen LogP) is 3.83. The highest BCUT2D eigenvalue weighted by atomic mass is 19.4. The van der Waals surface area contributed by atoms with Crippen LogP contribution in [0.4, 0.5) is 13.2 Å². The molecule has 0 N–H and O–H groups in total.